The molecule has 1 unspecified atom stereocenters. The second-order valence-corrected chi connectivity index (χ2v) is 8.16. The monoisotopic (exact) mass is 438 g/mol. The van der Waals surface area contributed by atoms with Gasteiger partial charge in [-0.1, -0.05) is 23.7 Å². The van der Waals surface area contributed by atoms with Gasteiger partial charge >= 0.3 is 0 Å². The van der Waals surface area contributed by atoms with Crippen molar-refractivity contribution in [1.29, 1.82) is 0 Å². The van der Waals surface area contributed by atoms with Gasteiger partial charge in [0.15, 0.2) is 24.1 Å². The fraction of sp³-hybridized carbons (Fsp3) is 0.273. The number of hydrazone groups is 1. The average molecular weight is 439 g/mol. The molecule has 31 heavy (non-hydrogen) atoms. The molecular formula is C22H20ClFN6O. The van der Waals surface area contributed by atoms with Crippen molar-refractivity contribution in [3.8, 4) is 0 Å². The molecule has 9 heteroatoms. The quantitative estimate of drug-likeness (QED) is 0.572. The van der Waals surface area contributed by atoms with Gasteiger partial charge in [0.2, 0.25) is 0 Å². The smallest absolute Gasteiger partial charge is 0.176 e. The van der Waals surface area contributed by atoms with Crippen LogP contribution in [0.3, 0.4) is 0 Å². The van der Waals surface area contributed by atoms with E-state index in [1.807, 2.05) is 30.3 Å². The Bertz CT molecular complexity index is 1130. The van der Waals surface area contributed by atoms with Crippen LogP contribution >= 0.6 is 11.6 Å². The van der Waals surface area contributed by atoms with Crippen molar-refractivity contribution in [2.75, 3.05) is 0 Å². The van der Waals surface area contributed by atoms with E-state index >= 15 is 0 Å². The van der Waals surface area contributed by atoms with Crippen molar-refractivity contribution in [2.24, 2.45) is 5.10 Å². The summed E-state index contributed by atoms with van der Waals surface area (Å²) in [6, 6.07) is 14.1. The normalized spacial score (nSPS) is 18.4. The molecule has 1 aliphatic carbocycles. The minimum absolute atomic E-state index is 0.289. The number of nitrogens with zero attached hydrogens (tertiary/aromatic N) is 5. The van der Waals surface area contributed by atoms with Gasteiger partial charge in [0.1, 0.15) is 11.6 Å². The van der Waals surface area contributed by atoms with Crippen molar-refractivity contribution >= 4 is 23.7 Å². The van der Waals surface area contributed by atoms with E-state index in [4.69, 9.17) is 16.7 Å². The van der Waals surface area contributed by atoms with E-state index in [9.17, 15) is 9.18 Å². The Morgan fingerprint density at radius 2 is 2.00 bits per heavy atom. The minimum atomic E-state index is -0.505. The van der Waals surface area contributed by atoms with Crippen LogP contribution in [-0.2, 0) is 17.8 Å². The van der Waals surface area contributed by atoms with Gasteiger partial charge in [0.05, 0.1) is 6.54 Å². The number of benzene rings is 2. The Balaban J connectivity index is 1.37. The first-order valence-corrected chi connectivity index (χ1v) is 10.5. The molecule has 1 aromatic heterocycles. The van der Waals surface area contributed by atoms with Crippen molar-refractivity contribution < 1.29 is 9.18 Å². The summed E-state index contributed by atoms with van der Waals surface area (Å²) in [7, 11) is 0. The van der Waals surface area contributed by atoms with Crippen LogP contribution < -0.4 is 0 Å². The topological polar surface area (TPSA) is 77.5 Å². The Labute approximate surface area is 183 Å². The fourth-order valence-corrected chi connectivity index (χ4v) is 3.91. The summed E-state index contributed by atoms with van der Waals surface area (Å²) < 4.78 is 13.4. The van der Waals surface area contributed by atoms with E-state index in [0.29, 0.717) is 35.7 Å². The highest BCUT2D eigenvalue weighted by atomic mass is 35.5. The number of aromatic nitrogens is 3. The lowest BCUT2D eigenvalue weighted by atomic mass is 10.1. The Morgan fingerprint density at radius 3 is 2.71 bits per heavy atom. The number of hydrogen-bond acceptors (Lipinski definition) is 6. The van der Waals surface area contributed by atoms with E-state index in [1.165, 1.54) is 12.1 Å². The van der Waals surface area contributed by atoms with E-state index in [-0.39, 0.29) is 5.82 Å². The Morgan fingerprint density at radius 1 is 1.19 bits per heavy atom. The van der Waals surface area contributed by atoms with Crippen LogP contribution in [-0.4, -0.2) is 49.4 Å². The number of hydrogen-bond donors (Lipinski definition) is 1. The third-order valence-corrected chi connectivity index (χ3v) is 5.62. The molecule has 1 saturated carbocycles. The zero-order chi connectivity index (χ0) is 21.4. The lowest BCUT2D eigenvalue weighted by Gasteiger charge is -2.27. The molecule has 0 spiro atoms. The largest absolute Gasteiger partial charge is 0.324 e. The van der Waals surface area contributed by atoms with Gasteiger partial charge in [-0.05, 0) is 54.8 Å². The SMILES string of the molecule is O=CC1N(Cc2nc(Cc3cccc(F)c3)n[nH]2)N=C(c2ccc(Cl)cc2)N1C1CC1. The zero-order valence-electron chi connectivity index (χ0n) is 16.6. The van der Waals surface area contributed by atoms with Gasteiger partial charge in [-0.3, -0.25) is 14.9 Å². The van der Waals surface area contributed by atoms with Crippen molar-refractivity contribution in [3.05, 3.63) is 82.1 Å². The molecule has 0 radical (unpaired) electrons. The highest BCUT2D eigenvalue weighted by Gasteiger charge is 2.43. The molecule has 0 bridgehead atoms. The molecule has 1 fully saturated rings. The highest BCUT2D eigenvalue weighted by Crippen LogP contribution is 2.35. The van der Waals surface area contributed by atoms with E-state index in [1.54, 1.807) is 11.1 Å². The molecule has 1 aliphatic heterocycles. The molecule has 3 aromatic rings. The maximum Gasteiger partial charge on any atom is 0.176 e. The summed E-state index contributed by atoms with van der Waals surface area (Å²) in [5, 5.41) is 14.3. The number of nitrogens with one attached hydrogen (secondary N) is 1. The molecule has 0 saturated heterocycles. The summed E-state index contributed by atoms with van der Waals surface area (Å²) in [5.74, 6) is 1.62. The molecular weight excluding hydrogens is 419 g/mol. The van der Waals surface area contributed by atoms with E-state index < -0.39 is 6.17 Å². The van der Waals surface area contributed by atoms with Gasteiger partial charge in [-0.2, -0.15) is 10.2 Å². The average Bonchev–Trinajstić information content (AvgIpc) is 3.40. The maximum absolute atomic E-state index is 13.4. The van der Waals surface area contributed by atoms with Gasteiger partial charge in [0, 0.05) is 23.0 Å². The standard InChI is InChI=1S/C22H20ClFN6O/c23-16-6-4-15(5-7-16)22-28-29(21(13-31)30(22)18-8-9-18)12-20-25-19(26-27-20)11-14-2-1-3-17(24)10-14/h1-7,10,13,18,21H,8-9,11-12H2,(H,25,26,27). The second-order valence-electron chi connectivity index (χ2n) is 7.72. The van der Waals surface area contributed by atoms with Crippen LogP contribution in [0.15, 0.2) is 53.6 Å². The first-order chi connectivity index (χ1) is 15.1. The van der Waals surface area contributed by atoms with Crippen LogP contribution in [0.1, 0.15) is 35.6 Å². The molecule has 5 rings (SSSR count). The number of halogens is 2. The maximum atomic E-state index is 13.4. The van der Waals surface area contributed by atoms with Crippen LogP contribution in [0.25, 0.3) is 0 Å². The molecule has 2 aromatic carbocycles. The van der Waals surface area contributed by atoms with E-state index in [0.717, 1.165) is 36.1 Å². The van der Waals surface area contributed by atoms with Gasteiger partial charge in [0.25, 0.3) is 0 Å². The molecule has 2 aliphatic rings. The lowest BCUT2D eigenvalue weighted by Crippen LogP contribution is -2.44. The van der Waals surface area contributed by atoms with Crippen molar-refractivity contribution in [3.63, 3.8) is 0 Å². The van der Waals surface area contributed by atoms with Crippen molar-refractivity contribution in [1.82, 2.24) is 25.1 Å². The Kier molecular flexibility index (Phi) is 5.15. The van der Waals surface area contributed by atoms with Gasteiger partial charge in [-0.25, -0.2) is 9.37 Å². The molecule has 1 atom stereocenters. The fourth-order valence-electron chi connectivity index (χ4n) is 3.78. The summed E-state index contributed by atoms with van der Waals surface area (Å²) in [4.78, 5) is 18.6. The molecule has 2 heterocycles. The molecule has 7 nitrogen and oxygen atoms in total. The number of rotatable bonds is 7. The van der Waals surface area contributed by atoms with Crippen LogP contribution in [0.4, 0.5) is 4.39 Å². The van der Waals surface area contributed by atoms with Crippen molar-refractivity contribution in [2.45, 2.75) is 38.0 Å². The third-order valence-electron chi connectivity index (χ3n) is 5.36. The summed E-state index contributed by atoms with van der Waals surface area (Å²) in [6.45, 7) is 0.305. The summed E-state index contributed by atoms with van der Waals surface area (Å²) in [5.41, 5.74) is 1.70. The summed E-state index contributed by atoms with van der Waals surface area (Å²) >= 11 is 6.03. The predicted octanol–water partition coefficient (Wildman–Crippen LogP) is 3.35. The van der Waals surface area contributed by atoms with Gasteiger partial charge < -0.3 is 4.90 Å². The number of aldehydes is 1. The van der Waals surface area contributed by atoms with Crippen LogP contribution in [0.2, 0.25) is 5.02 Å². The zero-order valence-corrected chi connectivity index (χ0v) is 17.3. The number of aromatic amines is 1. The molecule has 1 N–H and O–H groups in total. The Hall–Kier alpha value is -3.26. The van der Waals surface area contributed by atoms with Gasteiger partial charge in [-0.15, -0.1) is 0 Å². The third kappa shape index (κ3) is 4.16. The molecule has 0 amide bonds. The predicted molar refractivity (Wildman–Crippen MR) is 114 cm³/mol. The number of H-pyrrole nitrogens is 1. The first-order valence-electron chi connectivity index (χ1n) is 10.1. The first kappa shape index (κ1) is 19.7. The highest BCUT2D eigenvalue weighted by molar-refractivity contribution is 6.30. The minimum Gasteiger partial charge on any atom is -0.324 e. The summed E-state index contributed by atoms with van der Waals surface area (Å²) in [6.07, 6.45) is 2.89. The van der Waals surface area contributed by atoms with E-state index in [2.05, 4.69) is 20.1 Å². The number of carbonyl (C=O) groups is 1. The second kappa shape index (κ2) is 8.11. The molecule has 158 valence electrons. The lowest BCUT2D eigenvalue weighted by molar-refractivity contribution is -0.115. The number of carbonyl (C=O) groups excluding carboxylic acids is 1. The van der Waals surface area contributed by atoms with Crippen LogP contribution in [0, 0.1) is 5.82 Å². The van der Waals surface area contributed by atoms with Crippen LogP contribution in [0.5, 0.6) is 0 Å². The number of amidine groups is 1.